The highest BCUT2D eigenvalue weighted by Gasteiger charge is 2.17. The van der Waals surface area contributed by atoms with Crippen LogP contribution in [-0.4, -0.2) is 7.11 Å². The van der Waals surface area contributed by atoms with Crippen molar-refractivity contribution in [1.82, 2.24) is 0 Å². The first-order chi connectivity index (χ1) is 8.52. The van der Waals surface area contributed by atoms with Crippen molar-refractivity contribution >= 4 is 15.9 Å². The van der Waals surface area contributed by atoms with Crippen molar-refractivity contribution in [3.05, 3.63) is 52.5 Å². The SMILES string of the molecule is COc1ccc(C(Br)c2cc(C)oc2C)cc1C. The van der Waals surface area contributed by atoms with Crippen molar-refractivity contribution in [3.63, 3.8) is 0 Å². The fourth-order valence-electron chi connectivity index (χ4n) is 2.14. The van der Waals surface area contributed by atoms with E-state index in [0.717, 1.165) is 22.8 Å². The van der Waals surface area contributed by atoms with Crippen LogP contribution in [0.15, 0.2) is 28.7 Å². The quantitative estimate of drug-likeness (QED) is 0.767. The van der Waals surface area contributed by atoms with Crippen LogP contribution in [0.5, 0.6) is 5.75 Å². The second-order valence-corrected chi connectivity index (χ2v) is 5.38. The number of benzene rings is 1. The number of ether oxygens (including phenoxy) is 1. The lowest BCUT2D eigenvalue weighted by molar-refractivity contribution is 0.411. The van der Waals surface area contributed by atoms with Crippen LogP contribution >= 0.6 is 15.9 Å². The van der Waals surface area contributed by atoms with Gasteiger partial charge in [0.05, 0.1) is 11.9 Å². The molecule has 0 amide bonds. The molecule has 2 nitrogen and oxygen atoms in total. The molecule has 0 fully saturated rings. The van der Waals surface area contributed by atoms with Crippen LogP contribution in [-0.2, 0) is 0 Å². The minimum absolute atomic E-state index is 0.152. The number of methoxy groups -OCH3 is 1. The minimum Gasteiger partial charge on any atom is -0.496 e. The Balaban J connectivity index is 2.37. The maximum absolute atomic E-state index is 5.58. The van der Waals surface area contributed by atoms with Gasteiger partial charge in [-0.25, -0.2) is 0 Å². The molecular formula is C15H17BrO2. The highest BCUT2D eigenvalue weighted by atomic mass is 79.9. The first kappa shape index (κ1) is 13.2. The van der Waals surface area contributed by atoms with E-state index in [4.69, 9.17) is 9.15 Å². The fourth-order valence-corrected chi connectivity index (χ4v) is 2.88. The Labute approximate surface area is 116 Å². The van der Waals surface area contributed by atoms with Crippen molar-refractivity contribution < 1.29 is 9.15 Å². The molecule has 1 heterocycles. The third-order valence-electron chi connectivity index (χ3n) is 3.06. The summed E-state index contributed by atoms with van der Waals surface area (Å²) < 4.78 is 10.9. The minimum atomic E-state index is 0.152. The molecule has 0 spiro atoms. The Morgan fingerprint density at radius 3 is 2.39 bits per heavy atom. The Hall–Kier alpha value is -1.22. The standard InChI is InChI=1S/C15H17BrO2/c1-9-7-12(5-6-14(9)17-4)15(16)13-8-10(2)18-11(13)3/h5-8,15H,1-4H3. The van der Waals surface area contributed by atoms with E-state index in [0.29, 0.717) is 0 Å². The lowest BCUT2D eigenvalue weighted by Crippen LogP contribution is -1.95. The highest BCUT2D eigenvalue weighted by molar-refractivity contribution is 9.09. The lowest BCUT2D eigenvalue weighted by atomic mass is 10.0. The summed E-state index contributed by atoms with van der Waals surface area (Å²) in [7, 11) is 1.69. The van der Waals surface area contributed by atoms with Gasteiger partial charge in [0.15, 0.2) is 0 Å². The van der Waals surface area contributed by atoms with E-state index in [1.54, 1.807) is 7.11 Å². The molecule has 3 heteroatoms. The fraction of sp³-hybridized carbons (Fsp3) is 0.333. The van der Waals surface area contributed by atoms with E-state index in [1.165, 1.54) is 11.1 Å². The molecule has 96 valence electrons. The number of halogens is 1. The number of furan rings is 1. The third-order valence-corrected chi connectivity index (χ3v) is 4.09. The maximum Gasteiger partial charge on any atom is 0.121 e. The molecule has 1 unspecified atom stereocenters. The van der Waals surface area contributed by atoms with E-state index in [2.05, 4.69) is 41.1 Å². The van der Waals surface area contributed by atoms with E-state index < -0.39 is 0 Å². The monoisotopic (exact) mass is 308 g/mol. The predicted molar refractivity (Wildman–Crippen MR) is 76.7 cm³/mol. The summed E-state index contributed by atoms with van der Waals surface area (Å²) in [6, 6.07) is 8.29. The second-order valence-electron chi connectivity index (χ2n) is 4.46. The van der Waals surface area contributed by atoms with Gasteiger partial charge in [-0.05, 0) is 44.0 Å². The average Bonchev–Trinajstić information content (AvgIpc) is 2.67. The van der Waals surface area contributed by atoms with Gasteiger partial charge in [-0.2, -0.15) is 0 Å². The molecule has 0 aliphatic heterocycles. The van der Waals surface area contributed by atoms with Gasteiger partial charge in [-0.3, -0.25) is 0 Å². The molecule has 0 aliphatic rings. The summed E-state index contributed by atoms with van der Waals surface area (Å²) in [5, 5.41) is 0. The Kier molecular flexibility index (Phi) is 3.81. The average molecular weight is 309 g/mol. The molecule has 2 aromatic rings. The number of alkyl halides is 1. The van der Waals surface area contributed by atoms with Gasteiger partial charge < -0.3 is 9.15 Å². The van der Waals surface area contributed by atoms with Crippen LogP contribution in [0.2, 0.25) is 0 Å². The summed E-state index contributed by atoms with van der Waals surface area (Å²) in [6.45, 7) is 6.01. The molecule has 0 saturated carbocycles. The summed E-state index contributed by atoms with van der Waals surface area (Å²) in [4.78, 5) is 0.152. The van der Waals surface area contributed by atoms with E-state index in [9.17, 15) is 0 Å². The Bertz CT molecular complexity index is 558. The van der Waals surface area contributed by atoms with Gasteiger partial charge in [0.1, 0.15) is 17.3 Å². The van der Waals surface area contributed by atoms with Gasteiger partial charge in [-0.1, -0.05) is 28.1 Å². The van der Waals surface area contributed by atoms with Crippen molar-refractivity contribution in [3.8, 4) is 5.75 Å². The first-order valence-corrected chi connectivity index (χ1v) is 6.80. The van der Waals surface area contributed by atoms with Gasteiger partial charge in [-0.15, -0.1) is 0 Å². The molecule has 18 heavy (non-hydrogen) atoms. The largest absolute Gasteiger partial charge is 0.496 e. The van der Waals surface area contributed by atoms with E-state index in [1.807, 2.05) is 19.9 Å². The topological polar surface area (TPSA) is 22.4 Å². The molecule has 0 bridgehead atoms. The lowest BCUT2D eigenvalue weighted by Gasteiger charge is -2.12. The zero-order valence-corrected chi connectivity index (χ0v) is 12.7. The molecular weight excluding hydrogens is 292 g/mol. The predicted octanol–water partition coefficient (Wildman–Crippen LogP) is 4.70. The van der Waals surface area contributed by atoms with E-state index in [-0.39, 0.29) is 4.83 Å². The summed E-state index contributed by atoms with van der Waals surface area (Å²) in [5.74, 6) is 2.82. The van der Waals surface area contributed by atoms with Crippen LogP contribution in [0.4, 0.5) is 0 Å². The molecule has 1 aromatic carbocycles. The number of aryl methyl sites for hydroxylation is 3. The number of hydrogen-bond acceptors (Lipinski definition) is 2. The summed E-state index contributed by atoms with van der Waals surface area (Å²) >= 11 is 3.74. The molecule has 2 rings (SSSR count). The Morgan fingerprint density at radius 1 is 1.17 bits per heavy atom. The Morgan fingerprint density at radius 2 is 1.89 bits per heavy atom. The molecule has 0 saturated heterocycles. The van der Waals surface area contributed by atoms with Crippen molar-refractivity contribution in [2.75, 3.05) is 7.11 Å². The van der Waals surface area contributed by atoms with Crippen LogP contribution in [0.25, 0.3) is 0 Å². The molecule has 1 aromatic heterocycles. The van der Waals surface area contributed by atoms with Crippen LogP contribution < -0.4 is 4.74 Å². The zero-order chi connectivity index (χ0) is 13.3. The molecule has 0 radical (unpaired) electrons. The molecule has 0 aliphatic carbocycles. The first-order valence-electron chi connectivity index (χ1n) is 5.88. The number of hydrogen-bond donors (Lipinski definition) is 0. The van der Waals surface area contributed by atoms with Crippen molar-refractivity contribution in [2.45, 2.75) is 25.6 Å². The molecule has 0 N–H and O–H groups in total. The summed E-state index contributed by atoms with van der Waals surface area (Å²) in [6.07, 6.45) is 0. The van der Waals surface area contributed by atoms with Gasteiger partial charge in [0, 0.05) is 5.56 Å². The normalized spacial score (nSPS) is 12.5. The highest BCUT2D eigenvalue weighted by Crippen LogP contribution is 2.36. The molecule has 1 atom stereocenters. The zero-order valence-electron chi connectivity index (χ0n) is 11.1. The van der Waals surface area contributed by atoms with Crippen LogP contribution in [0.3, 0.4) is 0 Å². The van der Waals surface area contributed by atoms with Crippen molar-refractivity contribution in [1.29, 1.82) is 0 Å². The number of rotatable bonds is 3. The van der Waals surface area contributed by atoms with Gasteiger partial charge >= 0.3 is 0 Å². The third kappa shape index (κ3) is 2.46. The van der Waals surface area contributed by atoms with Gasteiger partial charge in [0.2, 0.25) is 0 Å². The van der Waals surface area contributed by atoms with E-state index >= 15 is 0 Å². The smallest absolute Gasteiger partial charge is 0.121 e. The van der Waals surface area contributed by atoms with Crippen LogP contribution in [0, 0.1) is 20.8 Å². The van der Waals surface area contributed by atoms with Crippen LogP contribution in [0.1, 0.15) is 33.0 Å². The maximum atomic E-state index is 5.58. The van der Waals surface area contributed by atoms with Gasteiger partial charge in [0.25, 0.3) is 0 Å². The second kappa shape index (κ2) is 5.19. The van der Waals surface area contributed by atoms with Crippen molar-refractivity contribution in [2.24, 2.45) is 0 Å². The summed E-state index contributed by atoms with van der Waals surface area (Å²) in [5.41, 5.74) is 3.52.